The first-order valence-electron chi connectivity index (χ1n) is 12.2. The predicted octanol–water partition coefficient (Wildman–Crippen LogP) is 5.70. The molecule has 0 heterocycles. The molecule has 0 aromatic heterocycles. The summed E-state index contributed by atoms with van der Waals surface area (Å²) in [4.78, 5) is 0. The molecule has 3 aliphatic rings. The molecule has 3 unspecified atom stereocenters. The van der Waals surface area contributed by atoms with Gasteiger partial charge in [-0.05, 0) is 93.1 Å². The van der Waals surface area contributed by atoms with Gasteiger partial charge in [0.15, 0.2) is 0 Å². The van der Waals surface area contributed by atoms with E-state index >= 15 is 0 Å². The number of aliphatic hydroxyl groups excluding tert-OH is 2. The molecule has 6 atom stereocenters. The molecule has 3 heteroatoms. The Morgan fingerprint density at radius 1 is 1.23 bits per heavy atom. The van der Waals surface area contributed by atoms with Gasteiger partial charge in [-0.2, -0.15) is 0 Å². The van der Waals surface area contributed by atoms with Crippen LogP contribution in [0.25, 0.3) is 0 Å². The normalized spacial score (nSPS) is 38.8. The maximum Gasteiger partial charge on any atom is 0.0811 e. The number of aliphatic hydroxyl groups is 3. The zero-order chi connectivity index (χ0) is 22.1. The van der Waals surface area contributed by atoms with Gasteiger partial charge in [-0.3, -0.25) is 0 Å². The molecule has 0 spiro atoms. The van der Waals surface area contributed by atoms with Crippen LogP contribution in [0.4, 0.5) is 0 Å². The Kier molecular flexibility index (Phi) is 7.37. The fraction of sp³-hybridized carbons (Fsp3) is 0.778. The molecule has 30 heavy (non-hydrogen) atoms. The summed E-state index contributed by atoms with van der Waals surface area (Å²) in [5.74, 6) is 2.11. The van der Waals surface area contributed by atoms with Crippen LogP contribution in [0.1, 0.15) is 91.9 Å². The first kappa shape index (κ1) is 23.8. The minimum Gasteiger partial charge on any atom is -0.393 e. The van der Waals surface area contributed by atoms with Gasteiger partial charge in [0.25, 0.3) is 0 Å². The van der Waals surface area contributed by atoms with Crippen molar-refractivity contribution in [2.75, 3.05) is 0 Å². The van der Waals surface area contributed by atoms with Crippen molar-refractivity contribution in [3.63, 3.8) is 0 Å². The van der Waals surface area contributed by atoms with Crippen LogP contribution < -0.4 is 0 Å². The maximum atomic E-state index is 10.1. The van der Waals surface area contributed by atoms with Crippen molar-refractivity contribution in [1.29, 1.82) is 0 Å². The van der Waals surface area contributed by atoms with Gasteiger partial charge in [0, 0.05) is 6.42 Å². The van der Waals surface area contributed by atoms with Crippen molar-refractivity contribution in [3.05, 3.63) is 35.5 Å². The van der Waals surface area contributed by atoms with Crippen LogP contribution in [-0.4, -0.2) is 33.1 Å². The fourth-order valence-corrected chi connectivity index (χ4v) is 6.74. The van der Waals surface area contributed by atoms with Crippen LogP contribution in [0.2, 0.25) is 0 Å². The summed E-state index contributed by atoms with van der Waals surface area (Å²) < 4.78 is 0. The lowest BCUT2D eigenvalue weighted by Gasteiger charge is -2.44. The number of hydrogen-bond donors (Lipinski definition) is 3. The van der Waals surface area contributed by atoms with E-state index in [-0.39, 0.29) is 0 Å². The molecular formula is C27H44O3. The lowest BCUT2D eigenvalue weighted by Crippen LogP contribution is -2.36. The quantitative estimate of drug-likeness (QED) is 0.520. The van der Waals surface area contributed by atoms with Gasteiger partial charge in [-0.15, -0.1) is 0 Å². The third kappa shape index (κ3) is 5.29. The fourth-order valence-electron chi connectivity index (χ4n) is 6.74. The Morgan fingerprint density at radius 2 is 1.97 bits per heavy atom. The van der Waals surface area contributed by atoms with Crippen LogP contribution in [0.15, 0.2) is 35.5 Å². The Morgan fingerprint density at radius 3 is 2.67 bits per heavy atom. The molecule has 170 valence electrons. The molecular weight excluding hydrogens is 372 g/mol. The SMILES string of the molecule is C=C1C(=CC=C2CCC[C@@]3(C)C2CC[C@@H]3C(C)CCCC(C)(C)O)C[C@@H](O)CC1O. The van der Waals surface area contributed by atoms with E-state index in [1.165, 1.54) is 38.5 Å². The summed E-state index contributed by atoms with van der Waals surface area (Å²) in [6, 6.07) is 0. The van der Waals surface area contributed by atoms with E-state index in [0.717, 1.165) is 29.9 Å². The van der Waals surface area contributed by atoms with E-state index < -0.39 is 17.8 Å². The van der Waals surface area contributed by atoms with E-state index in [4.69, 9.17) is 0 Å². The van der Waals surface area contributed by atoms with E-state index in [1.54, 1.807) is 5.57 Å². The zero-order valence-electron chi connectivity index (χ0n) is 19.7. The summed E-state index contributed by atoms with van der Waals surface area (Å²) in [5, 5.41) is 30.2. The minimum atomic E-state index is -0.615. The van der Waals surface area contributed by atoms with Gasteiger partial charge in [0.1, 0.15) is 0 Å². The van der Waals surface area contributed by atoms with Crippen molar-refractivity contribution in [2.45, 2.75) is 110 Å². The second-order valence-electron chi connectivity index (χ2n) is 11.3. The predicted molar refractivity (Wildman–Crippen MR) is 124 cm³/mol. The van der Waals surface area contributed by atoms with Crippen molar-refractivity contribution >= 4 is 0 Å². The van der Waals surface area contributed by atoms with E-state index in [0.29, 0.717) is 30.1 Å². The summed E-state index contributed by atoms with van der Waals surface area (Å²) in [6.45, 7) is 12.8. The average Bonchev–Trinajstić information content (AvgIpc) is 3.00. The highest BCUT2D eigenvalue weighted by Crippen LogP contribution is 2.60. The van der Waals surface area contributed by atoms with Crippen molar-refractivity contribution in [1.82, 2.24) is 0 Å². The summed E-state index contributed by atoms with van der Waals surface area (Å²) in [5.41, 5.74) is 3.17. The molecule has 3 nitrogen and oxygen atoms in total. The van der Waals surface area contributed by atoms with E-state index in [9.17, 15) is 15.3 Å². The van der Waals surface area contributed by atoms with Crippen LogP contribution in [0, 0.1) is 23.2 Å². The van der Waals surface area contributed by atoms with Gasteiger partial charge in [-0.1, -0.05) is 51.0 Å². The van der Waals surface area contributed by atoms with Gasteiger partial charge in [0.2, 0.25) is 0 Å². The average molecular weight is 417 g/mol. The number of rotatable bonds is 6. The van der Waals surface area contributed by atoms with Crippen LogP contribution in [-0.2, 0) is 0 Å². The molecule has 0 aromatic rings. The smallest absolute Gasteiger partial charge is 0.0811 e. The standard InChI is InChI=1S/C27H44O3/c1-18(8-6-14-26(3,4)30)23-12-13-24-20(9-7-15-27(23,24)5)10-11-21-16-22(28)17-25(29)19(21)2/h10-11,18,22-25,28-30H,2,6-9,12-17H2,1,3-5H3/t18?,22-,23-,24?,25?,27-/m1/s1. The maximum absolute atomic E-state index is 10.1. The Balaban J connectivity index is 1.70. The van der Waals surface area contributed by atoms with Gasteiger partial charge < -0.3 is 15.3 Å². The summed E-state index contributed by atoms with van der Waals surface area (Å²) >= 11 is 0. The lowest BCUT2D eigenvalue weighted by atomic mass is 9.60. The van der Waals surface area contributed by atoms with Crippen LogP contribution >= 0.6 is 0 Å². The third-order valence-electron chi connectivity index (χ3n) is 8.44. The van der Waals surface area contributed by atoms with E-state index in [2.05, 4.69) is 32.6 Å². The second-order valence-corrected chi connectivity index (χ2v) is 11.3. The Bertz CT molecular complexity index is 683. The van der Waals surface area contributed by atoms with Crippen molar-refractivity contribution < 1.29 is 15.3 Å². The van der Waals surface area contributed by atoms with E-state index in [1.807, 2.05) is 13.8 Å². The van der Waals surface area contributed by atoms with Crippen LogP contribution in [0.5, 0.6) is 0 Å². The first-order valence-corrected chi connectivity index (χ1v) is 12.2. The lowest BCUT2D eigenvalue weighted by molar-refractivity contribution is 0.0596. The monoisotopic (exact) mass is 416 g/mol. The largest absolute Gasteiger partial charge is 0.393 e. The molecule has 0 bridgehead atoms. The Hall–Kier alpha value is -0.900. The molecule has 0 aromatic carbocycles. The highest BCUT2D eigenvalue weighted by molar-refractivity contribution is 5.38. The van der Waals surface area contributed by atoms with Gasteiger partial charge in [-0.25, -0.2) is 0 Å². The van der Waals surface area contributed by atoms with Crippen molar-refractivity contribution in [3.8, 4) is 0 Å². The molecule has 3 saturated carbocycles. The molecule has 3 fully saturated rings. The molecule has 0 amide bonds. The van der Waals surface area contributed by atoms with Gasteiger partial charge >= 0.3 is 0 Å². The molecule has 0 radical (unpaired) electrons. The number of hydrogen-bond acceptors (Lipinski definition) is 3. The number of fused-ring (bicyclic) bond motifs is 1. The highest BCUT2D eigenvalue weighted by atomic mass is 16.3. The molecule has 0 aliphatic heterocycles. The molecule has 0 saturated heterocycles. The van der Waals surface area contributed by atoms with Crippen LogP contribution in [0.3, 0.4) is 0 Å². The minimum absolute atomic E-state index is 0.374. The van der Waals surface area contributed by atoms with Crippen molar-refractivity contribution in [2.24, 2.45) is 23.2 Å². The topological polar surface area (TPSA) is 60.7 Å². The first-order chi connectivity index (χ1) is 14.0. The molecule has 3 aliphatic carbocycles. The van der Waals surface area contributed by atoms with Gasteiger partial charge in [0.05, 0.1) is 17.8 Å². The summed E-state index contributed by atoms with van der Waals surface area (Å²) in [6.07, 6.45) is 13.9. The second kappa shape index (κ2) is 9.30. The Labute approximate surface area is 184 Å². The number of allylic oxidation sites excluding steroid dienone is 3. The molecule has 3 N–H and O–H groups in total. The molecule has 3 rings (SSSR count). The summed E-state index contributed by atoms with van der Waals surface area (Å²) in [7, 11) is 0. The zero-order valence-corrected chi connectivity index (χ0v) is 19.7. The highest BCUT2D eigenvalue weighted by Gasteiger charge is 2.50. The third-order valence-corrected chi connectivity index (χ3v) is 8.44.